The first kappa shape index (κ1) is 15.4. The fraction of sp³-hybridized carbons (Fsp3) is 0.357. The van der Waals surface area contributed by atoms with Crippen molar-refractivity contribution in [3.8, 4) is 0 Å². The Labute approximate surface area is 122 Å². The minimum absolute atomic E-state index is 0.102. The minimum Gasteiger partial charge on any atom is -0.312 e. The van der Waals surface area contributed by atoms with Gasteiger partial charge in [0.1, 0.15) is 11.9 Å². The van der Waals surface area contributed by atoms with Gasteiger partial charge in [0, 0.05) is 25.5 Å². The fourth-order valence-electron chi connectivity index (χ4n) is 2.00. The highest BCUT2D eigenvalue weighted by atomic mass is 32.1. The number of hydrogen-bond donors (Lipinski definition) is 0. The number of hydrogen-bond acceptors (Lipinski definition) is 5. The number of rotatable bonds is 7. The fourth-order valence-corrected chi connectivity index (χ4v) is 4.00. The van der Waals surface area contributed by atoms with Crippen molar-refractivity contribution >= 4 is 35.5 Å². The van der Waals surface area contributed by atoms with E-state index in [1.807, 2.05) is 12.1 Å². The lowest BCUT2D eigenvalue weighted by Crippen LogP contribution is -2.08. The van der Waals surface area contributed by atoms with E-state index < -0.39 is 7.60 Å². The second kappa shape index (κ2) is 6.64. The van der Waals surface area contributed by atoms with Crippen LogP contribution in [0.4, 0.5) is 0 Å². The Morgan fingerprint density at radius 2 is 1.95 bits per heavy atom. The third kappa shape index (κ3) is 3.55. The van der Waals surface area contributed by atoms with Crippen molar-refractivity contribution in [2.24, 2.45) is 0 Å². The summed E-state index contributed by atoms with van der Waals surface area (Å²) in [7, 11) is -0.646. The predicted molar refractivity (Wildman–Crippen MR) is 81.6 cm³/mol. The van der Waals surface area contributed by atoms with Crippen LogP contribution in [0.25, 0.3) is 10.8 Å². The molecular weight excluding hydrogens is 295 g/mol. The van der Waals surface area contributed by atoms with Crippen LogP contribution in [0.1, 0.15) is 11.3 Å². The molecule has 0 unspecified atom stereocenters. The normalized spacial score (nSPS) is 11.9. The predicted octanol–water partition coefficient (Wildman–Crippen LogP) is 3.89. The quantitative estimate of drug-likeness (QED) is 0.728. The monoisotopic (exact) mass is 312 g/mol. The average Bonchev–Trinajstić information content (AvgIpc) is 2.88. The number of ketones is 1. The number of fused-ring (bicyclic) bond motifs is 1. The third-order valence-electron chi connectivity index (χ3n) is 3.15. The summed E-state index contributed by atoms with van der Waals surface area (Å²) >= 11 is 1.65. The third-order valence-corrected chi connectivity index (χ3v) is 6.08. The van der Waals surface area contributed by atoms with Crippen LogP contribution in [0.3, 0.4) is 0 Å². The summed E-state index contributed by atoms with van der Waals surface area (Å²) in [6.45, 7) is 0. The molecule has 0 spiro atoms. The number of benzene rings is 1. The van der Waals surface area contributed by atoms with E-state index in [1.54, 1.807) is 11.3 Å². The number of aryl methyl sites for hydroxylation is 1. The lowest BCUT2D eigenvalue weighted by Gasteiger charge is -2.12. The Bertz CT molecular complexity index is 641. The van der Waals surface area contributed by atoms with Crippen LogP contribution in [-0.2, 0) is 24.8 Å². The van der Waals surface area contributed by atoms with E-state index >= 15 is 0 Å². The molecule has 0 saturated heterocycles. The van der Waals surface area contributed by atoms with Gasteiger partial charge in [-0.25, -0.2) is 0 Å². The zero-order valence-electron chi connectivity index (χ0n) is 11.5. The molecular formula is C14H17O4PS. The van der Waals surface area contributed by atoms with E-state index in [1.165, 1.54) is 29.9 Å². The van der Waals surface area contributed by atoms with Crippen LogP contribution >= 0.6 is 18.9 Å². The molecule has 0 saturated carbocycles. The highest BCUT2D eigenvalue weighted by Crippen LogP contribution is 2.46. The zero-order valence-corrected chi connectivity index (χ0v) is 13.2. The molecule has 108 valence electrons. The molecule has 0 aliphatic heterocycles. The summed E-state index contributed by atoms with van der Waals surface area (Å²) in [5, 5.41) is 4.47. The number of carbonyl (C=O) groups excluding carboxylic acids is 1. The number of Topliss-reactive ketones (excluding diaryl/α,β-unsaturated/α-hetero) is 1. The lowest BCUT2D eigenvalue weighted by atomic mass is 10.1. The van der Waals surface area contributed by atoms with Gasteiger partial charge >= 0.3 is 7.60 Å². The Hall–Kier alpha value is -1.00. The average molecular weight is 312 g/mol. The minimum atomic E-state index is -3.24. The molecule has 6 heteroatoms. The van der Waals surface area contributed by atoms with Crippen molar-refractivity contribution in [3.63, 3.8) is 0 Å². The van der Waals surface area contributed by atoms with Crippen molar-refractivity contribution < 1.29 is 18.4 Å². The molecule has 0 bridgehead atoms. The highest BCUT2D eigenvalue weighted by molar-refractivity contribution is 7.54. The molecule has 0 amide bonds. The van der Waals surface area contributed by atoms with Gasteiger partial charge in [0.2, 0.25) is 0 Å². The lowest BCUT2D eigenvalue weighted by molar-refractivity contribution is -0.116. The first-order valence-electron chi connectivity index (χ1n) is 6.25. The SMILES string of the molecule is COP(=O)(CC(=O)CCc1scc2ccccc12)OC. The summed E-state index contributed by atoms with van der Waals surface area (Å²) < 4.78 is 21.4. The van der Waals surface area contributed by atoms with Gasteiger partial charge in [-0.2, -0.15) is 0 Å². The second-order valence-corrected chi connectivity index (χ2v) is 7.65. The molecule has 1 aromatic heterocycles. The molecule has 2 aromatic rings. The Morgan fingerprint density at radius 1 is 1.25 bits per heavy atom. The zero-order chi connectivity index (χ0) is 14.6. The standard InChI is InChI=1S/C14H17O4PS/c1-17-19(16,18-2)9-12(15)7-8-14-13-6-4-3-5-11(13)10-20-14/h3-6,10H,7-9H2,1-2H3. The van der Waals surface area contributed by atoms with Gasteiger partial charge in [-0.3, -0.25) is 9.36 Å². The van der Waals surface area contributed by atoms with Crippen molar-refractivity contribution in [2.45, 2.75) is 12.8 Å². The molecule has 1 heterocycles. The maximum atomic E-state index is 11.9. The molecule has 0 N–H and O–H groups in total. The maximum Gasteiger partial charge on any atom is 0.337 e. The molecule has 0 radical (unpaired) electrons. The van der Waals surface area contributed by atoms with Gasteiger partial charge in [0.15, 0.2) is 0 Å². The molecule has 1 aromatic carbocycles. The van der Waals surface area contributed by atoms with Crippen LogP contribution in [0.5, 0.6) is 0 Å². The summed E-state index contributed by atoms with van der Waals surface area (Å²) in [4.78, 5) is 13.1. The van der Waals surface area contributed by atoms with E-state index in [0.717, 1.165) is 0 Å². The molecule has 2 rings (SSSR count). The van der Waals surface area contributed by atoms with E-state index in [9.17, 15) is 9.36 Å². The Balaban J connectivity index is 1.99. The first-order chi connectivity index (χ1) is 9.58. The maximum absolute atomic E-state index is 11.9. The van der Waals surface area contributed by atoms with Gasteiger partial charge in [-0.15, -0.1) is 11.3 Å². The molecule has 4 nitrogen and oxygen atoms in total. The van der Waals surface area contributed by atoms with Crippen LogP contribution in [0.15, 0.2) is 29.6 Å². The van der Waals surface area contributed by atoms with E-state index in [2.05, 4.69) is 17.5 Å². The van der Waals surface area contributed by atoms with Gasteiger partial charge in [0.25, 0.3) is 0 Å². The van der Waals surface area contributed by atoms with Crippen molar-refractivity contribution in [1.82, 2.24) is 0 Å². The highest BCUT2D eigenvalue weighted by Gasteiger charge is 2.25. The molecule has 0 aliphatic carbocycles. The second-order valence-electron chi connectivity index (χ2n) is 4.42. The summed E-state index contributed by atoms with van der Waals surface area (Å²) in [5.74, 6) is -0.102. The summed E-state index contributed by atoms with van der Waals surface area (Å²) in [6.07, 6.45) is 0.842. The molecule has 0 fully saturated rings. The molecule has 0 atom stereocenters. The van der Waals surface area contributed by atoms with E-state index in [4.69, 9.17) is 9.05 Å². The van der Waals surface area contributed by atoms with Crippen LogP contribution in [0.2, 0.25) is 0 Å². The summed E-state index contributed by atoms with van der Waals surface area (Å²) in [6, 6.07) is 8.10. The number of thiophene rings is 1. The number of carbonyl (C=O) groups is 1. The smallest absolute Gasteiger partial charge is 0.312 e. The Kier molecular flexibility index (Phi) is 5.11. The molecule has 0 aliphatic rings. The van der Waals surface area contributed by atoms with Gasteiger partial charge < -0.3 is 9.05 Å². The first-order valence-corrected chi connectivity index (χ1v) is 8.86. The topological polar surface area (TPSA) is 52.6 Å². The van der Waals surface area contributed by atoms with Gasteiger partial charge in [-0.05, 0) is 22.6 Å². The van der Waals surface area contributed by atoms with Crippen LogP contribution < -0.4 is 0 Å². The summed E-state index contributed by atoms with van der Waals surface area (Å²) in [5.41, 5.74) is 0. The van der Waals surface area contributed by atoms with Crippen molar-refractivity contribution in [2.75, 3.05) is 20.4 Å². The Morgan fingerprint density at radius 3 is 2.65 bits per heavy atom. The largest absolute Gasteiger partial charge is 0.337 e. The van der Waals surface area contributed by atoms with E-state index in [0.29, 0.717) is 12.8 Å². The van der Waals surface area contributed by atoms with Crippen molar-refractivity contribution in [1.29, 1.82) is 0 Å². The van der Waals surface area contributed by atoms with Gasteiger partial charge in [-0.1, -0.05) is 24.3 Å². The van der Waals surface area contributed by atoms with Crippen molar-refractivity contribution in [3.05, 3.63) is 34.5 Å². The van der Waals surface area contributed by atoms with Gasteiger partial charge in [0.05, 0.1) is 0 Å². The van der Waals surface area contributed by atoms with Crippen LogP contribution in [0, 0.1) is 0 Å². The van der Waals surface area contributed by atoms with E-state index in [-0.39, 0.29) is 11.9 Å². The van der Waals surface area contributed by atoms with Crippen LogP contribution in [-0.4, -0.2) is 26.2 Å². The molecule has 20 heavy (non-hydrogen) atoms.